The molecule has 7 atom stereocenters. The second-order valence-corrected chi connectivity index (χ2v) is 18.3. The van der Waals surface area contributed by atoms with Gasteiger partial charge in [0, 0.05) is 57.5 Å². The van der Waals surface area contributed by atoms with Gasteiger partial charge in [-0.15, -0.1) is 0 Å². The van der Waals surface area contributed by atoms with Crippen LogP contribution in [0.4, 0.5) is 17.1 Å². The number of amides is 3. The maximum atomic E-state index is 11.5. The standard InChI is InChI=1S/C10H12N4O5.3C9H9NO3.3C5H13NO/c15-1-4-6(16)7(17)10(19-4)14-3-13-5-8(14)11-2-12-9(5)18;3*1-6(11)10-8-4-2-7(3-5-8)9(12)13;3*1-5(7)4-6(2)3/h2-4,6-7,10,15-17H,1H2,(H,11,12,18);3*2-5H,1H3,(H,10,11)(H,12,13);3*5,7H,4H2,1-3H3/t4-,6-,7-,10-;;;;;;/m1....../s1. The highest BCUT2D eigenvalue weighted by Gasteiger charge is 2.44. The first kappa shape index (κ1) is 71.4. The summed E-state index contributed by atoms with van der Waals surface area (Å²) in [7, 11) is 11.6. The molecular weight excluding hydrogens is 1040 g/mol. The summed E-state index contributed by atoms with van der Waals surface area (Å²) in [6, 6.07) is 17.9. The quantitative estimate of drug-likeness (QED) is 0.0750. The zero-order valence-electron chi connectivity index (χ0n) is 46.4. The number of hydrogen-bond acceptors (Lipinski definition) is 19. The molecule has 5 aromatic rings. The molecule has 27 heteroatoms. The van der Waals surface area contributed by atoms with Crippen LogP contribution >= 0.6 is 0 Å². The Hall–Kier alpha value is -7.57. The van der Waals surface area contributed by atoms with Gasteiger partial charge in [0.25, 0.3) is 0 Å². The second kappa shape index (κ2) is 37.3. The van der Waals surface area contributed by atoms with Crippen LogP contribution in [0.3, 0.4) is 0 Å². The molecule has 0 bridgehead atoms. The van der Waals surface area contributed by atoms with Crippen molar-refractivity contribution in [1.82, 2.24) is 34.2 Å². The molecule has 1 fully saturated rings. The number of H-pyrrole nitrogens is 1. The van der Waals surface area contributed by atoms with Gasteiger partial charge in [-0.2, -0.15) is 4.98 Å². The van der Waals surface area contributed by atoms with Gasteiger partial charge >= 0.3 is 23.5 Å². The van der Waals surface area contributed by atoms with Gasteiger partial charge in [-0.3, -0.25) is 23.7 Å². The third-order valence-electron chi connectivity index (χ3n) is 9.42. The minimum atomic E-state index is -1.23. The number of benzene rings is 3. The summed E-state index contributed by atoms with van der Waals surface area (Å²) in [5.41, 5.74) is 2.33. The van der Waals surface area contributed by atoms with Crippen molar-refractivity contribution in [3.05, 3.63) is 112 Å². The summed E-state index contributed by atoms with van der Waals surface area (Å²) in [5, 5.41) is 88.0. The van der Waals surface area contributed by atoms with E-state index in [0.717, 1.165) is 19.6 Å². The third-order valence-corrected chi connectivity index (χ3v) is 9.42. The van der Waals surface area contributed by atoms with Crippen LogP contribution in [0.25, 0.3) is 11.2 Å². The van der Waals surface area contributed by atoms with E-state index in [-0.39, 0.29) is 58.2 Å². The lowest BCUT2D eigenvalue weighted by atomic mass is 10.1. The number of hydrogen-bond donors (Lipinski definition) is 13. The fraction of sp³-hybridized carbons (Fsp3) is 0.442. The topological polar surface area (TPSA) is 403 Å². The number of anilines is 3. The smallest absolute Gasteiger partial charge is 0.335 e. The minimum Gasteiger partial charge on any atom is -0.478 e. The monoisotopic (exact) mass is 1110 g/mol. The van der Waals surface area contributed by atoms with Crippen molar-refractivity contribution in [2.24, 2.45) is 0 Å². The predicted octanol–water partition coefficient (Wildman–Crippen LogP) is 1.55. The summed E-state index contributed by atoms with van der Waals surface area (Å²) in [4.78, 5) is 90.6. The summed E-state index contributed by atoms with van der Waals surface area (Å²) < 4.78 is 6.75. The van der Waals surface area contributed by atoms with E-state index >= 15 is 0 Å². The molecule has 27 nitrogen and oxygen atoms in total. The van der Waals surface area contributed by atoms with Gasteiger partial charge in [0.05, 0.1) is 54.3 Å². The highest BCUT2D eigenvalue weighted by Crippen LogP contribution is 2.30. The molecule has 6 rings (SSSR count). The lowest BCUT2D eigenvalue weighted by Gasteiger charge is -2.16. The number of ether oxygens (including phenoxy) is 1. The van der Waals surface area contributed by atoms with Crippen LogP contribution in [-0.2, 0) is 19.1 Å². The number of nitrogens with zero attached hydrogens (tertiary/aromatic N) is 6. The SMILES string of the molecule is CC(=O)Nc1ccc(C(=O)O)cc1.CC(=O)Nc1ccc(C(=O)O)cc1.CC(=O)Nc1ccc(C(=O)O)cc1.CC(O)CN(C)C.CC(O)CN(C)C.CC(O)CN(C)C.O=c1nc[nH]c2c1ncn2[C@@H]1O[C@H](CO)[C@@H](O)[C@H]1O. The lowest BCUT2D eigenvalue weighted by molar-refractivity contribution is -0.115. The Morgan fingerprint density at radius 3 is 1.13 bits per heavy atom. The van der Waals surface area contributed by atoms with Gasteiger partial charge < -0.3 is 86.3 Å². The Morgan fingerprint density at radius 1 is 0.582 bits per heavy atom. The normalized spacial score (nSPS) is 16.1. The zero-order chi connectivity index (χ0) is 60.7. The minimum absolute atomic E-state index is 0.111. The van der Waals surface area contributed by atoms with E-state index in [1.54, 1.807) is 57.2 Å². The summed E-state index contributed by atoms with van der Waals surface area (Å²) in [5.74, 6) is -3.47. The first-order valence-corrected chi connectivity index (χ1v) is 24.1. The van der Waals surface area contributed by atoms with E-state index < -0.39 is 54.6 Å². The van der Waals surface area contributed by atoms with Crippen LogP contribution in [0, 0.1) is 0 Å². The maximum absolute atomic E-state index is 11.5. The van der Waals surface area contributed by atoms with Crippen LogP contribution < -0.4 is 21.5 Å². The number of aromatic amines is 1. The summed E-state index contributed by atoms with van der Waals surface area (Å²) in [6.07, 6.45) is -2.33. The van der Waals surface area contributed by atoms with Crippen molar-refractivity contribution in [3.63, 3.8) is 0 Å². The molecule has 0 saturated carbocycles. The molecule has 3 unspecified atom stereocenters. The van der Waals surface area contributed by atoms with Crippen LogP contribution in [0.5, 0.6) is 0 Å². The van der Waals surface area contributed by atoms with Crippen LogP contribution in [0.2, 0.25) is 0 Å². The zero-order valence-corrected chi connectivity index (χ0v) is 46.4. The fourth-order valence-electron chi connectivity index (χ4n) is 6.46. The number of carbonyl (C=O) groups excluding carboxylic acids is 3. The maximum Gasteiger partial charge on any atom is 0.335 e. The van der Waals surface area contributed by atoms with Crippen molar-refractivity contribution in [2.75, 3.05) is 84.5 Å². The van der Waals surface area contributed by atoms with E-state index in [1.165, 1.54) is 74.4 Å². The number of carboxylic acid groups (broad SMARTS) is 3. The second-order valence-electron chi connectivity index (χ2n) is 18.3. The predicted molar refractivity (Wildman–Crippen MR) is 295 cm³/mol. The summed E-state index contributed by atoms with van der Waals surface area (Å²) in [6.45, 7) is 11.3. The number of aromatic carboxylic acids is 3. The van der Waals surface area contributed by atoms with Crippen molar-refractivity contribution in [1.29, 1.82) is 0 Å². The molecule has 3 amide bonds. The largest absolute Gasteiger partial charge is 0.478 e. The van der Waals surface area contributed by atoms with E-state index in [1.807, 2.05) is 57.0 Å². The van der Waals surface area contributed by atoms with Gasteiger partial charge in [-0.25, -0.2) is 19.4 Å². The molecule has 0 spiro atoms. The number of fused-ring (bicyclic) bond motifs is 1. The number of likely N-dealkylation sites (N-methyl/N-ethyl adjacent to an activating group) is 3. The first-order valence-electron chi connectivity index (χ1n) is 24.1. The average Bonchev–Trinajstić information content (AvgIpc) is 3.88. The number of aromatic nitrogens is 4. The molecule has 438 valence electrons. The van der Waals surface area contributed by atoms with Gasteiger partial charge in [-0.1, -0.05) is 0 Å². The van der Waals surface area contributed by atoms with Crippen LogP contribution in [-0.4, -0.2) is 221 Å². The third kappa shape index (κ3) is 30.8. The van der Waals surface area contributed by atoms with Crippen molar-refractivity contribution >= 4 is 63.9 Å². The van der Waals surface area contributed by atoms with E-state index in [4.69, 9.17) is 40.5 Å². The van der Waals surface area contributed by atoms with Crippen LogP contribution in [0.1, 0.15) is 78.8 Å². The fourth-order valence-corrected chi connectivity index (χ4v) is 6.46. The Morgan fingerprint density at radius 2 is 0.899 bits per heavy atom. The van der Waals surface area contributed by atoms with Crippen molar-refractivity contribution in [2.45, 2.75) is 84.4 Å². The Kier molecular flexibility index (Phi) is 33.7. The van der Waals surface area contributed by atoms with Crippen molar-refractivity contribution in [3.8, 4) is 0 Å². The van der Waals surface area contributed by atoms with Crippen LogP contribution in [0.15, 0.2) is 90.2 Å². The van der Waals surface area contributed by atoms with Gasteiger partial charge in [0.2, 0.25) is 17.7 Å². The molecule has 0 radical (unpaired) electrons. The number of carboxylic acids is 3. The molecule has 2 aromatic heterocycles. The Bertz CT molecular complexity index is 2440. The van der Waals surface area contributed by atoms with Gasteiger partial charge in [0.15, 0.2) is 11.7 Å². The molecule has 79 heavy (non-hydrogen) atoms. The molecule has 0 aliphatic carbocycles. The number of imidazole rings is 1. The number of rotatable bonds is 14. The number of aliphatic hydroxyl groups excluding tert-OH is 6. The Labute approximate surface area is 457 Å². The van der Waals surface area contributed by atoms with Gasteiger partial charge in [-0.05, 0) is 136 Å². The first-order chi connectivity index (χ1) is 36.8. The number of nitrogens with one attached hydrogen (secondary N) is 4. The van der Waals surface area contributed by atoms with E-state index in [9.17, 15) is 43.8 Å². The molecule has 1 saturated heterocycles. The molecule has 3 heterocycles. The highest BCUT2D eigenvalue weighted by atomic mass is 16.6. The molecule has 13 N–H and O–H groups in total. The van der Waals surface area contributed by atoms with E-state index in [0.29, 0.717) is 22.7 Å². The molecule has 3 aromatic carbocycles. The summed E-state index contributed by atoms with van der Waals surface area (Å²) >= 11 is 0. The molecule has 1 aliphatic heterocycles. The average molecular weight is 1120 g/mol. The highest BCUT2D eigenvalue weighted by molar-refractivity contribution is 5.93. The van der Waals surface area contributed by atoms with Gasteiger partial charge in [0.1, 0.15) is 24.0 Å². The number of aliphatic hydroxyl groups is 6. The lowest BCUT2D eigenvalue weighted by Crippen LogP contribution is -2.33. The number of carbonyl (C=O) groups is 6. The van der Waals surface area contributed by atoms with E-state index in [2.05, 4.69) is 30.9 Å². The molecular formula is C52H78N10O17. The molecule has 1 aliphatic rings. The van der Waals surface area contributed by atoms with Crippen molar-refractivity contribution < 1.29 is 79.5 Å². The Balaban J connectivity index is 0.000000929.